The maximum Gasteiger partial charge on any atom is 0.270 e. The minimum absolute atomic E-state index is 0.133. The molecular weight excluding hydrogens is 304 g/mol. The van der Waals surface area contributed by atoms with E-state index < -0.39 is 0 Å². The molecule has 0 atom stereocenters. The van der Waals surface area contributed by atoms with E-state index in [4.69, 9.17) is 4.74 Å². The summed E-state index contributed by atoms with van der Waals surface area (Å²) in [7, 11) is 0. The number of rotatable bonds is 7. The average Bonchev–Trinajstić information content (AvgIpc) is 2.54. The number of ether oxygens (including phenoxy) is 1. The molecule has 0 saturated carbocycles. The van der Waals surface area contributed by atoms with Crippen molar-refractivity contribution in [3.05, 3.63) is 42.2 Å². The van der Waals surface area contributed by atoms with Crippen LogP contribution in [0.3, 0.4) is 0 Å². The fourth-order valence-electron chi connectivity index (χ4n) is 1.95. The van der Waals surface area contributed by atoms with Crippen LogP contribution in [0.15, 0.2) is 36.5 Å². The molecule has 0 fully saturated rings. The molecule has 0 spiro atoms. The summed E-state index contributed by atoms with van der Waals surface area (Å²) >= 11 is 0. The Labute approximate surface area is 142 Å². The van der Waals surface area contributed by atoms with Crippen LogP contribution in [-0.4, -0.2) is 28.5 Å². The Bertz CT molecular complexity index is 669. The number of carbonyl (C=O) groups is 1. The number of hydrogen-bond donors (Lipinski definition) is 2. The van der Waals surface area contributed by atoms with E-state index in [-0.39, 0.29) is 12.0 Å². The van der Waals surface area contributed by atoms with Crippen molar-refractivity contribution in [1.82, 2.24) is 15.3 Å². The second-order valence-electron chi connectivity index (χ2n) is 6.19. The van der Waals surface area contributed by atoms with E-state index in [2.05, 4.69) is 20.6 Å². The van der Waals surface area contributed by atoms with Crippen molar-refractivity contribution in [2.75, 3.05) is 11.9 Å². The van der Waals surface area contributed by atoms with Crippen LogP contribution in [0.2, 0.25) is 0 Å². The largest absolute Gasteiger partial charge is 0.491 e. The molecule has 6 nitrogen and oxygen atoms in total. The molecule has 1 heterocycles. The zero-order valence-electron chi connectivity index (χ0n) is 14.5. The number of nitrogens with zero attached hydrogens (tertiary/aromatic N) is 2. The van der Waals surface area contributed by atoms with E-state index in [0.717, 1.165) is 11.4 Å². The van der Waals surface area contributed by atoms with Gasteiger partial charge < -0.3 is 15.4 Å². The third kappa shape index (κ3) is 5.53. The molecule has 0 bridgehead atoms. The maximum atomic E-state index is 12.1. The van der Waals surface area contributed by atoms with Gasteiger partial charge in [0.25, 0.3) is 5.91 Å². The van der Waals surface area contributed by atoms with Crippen LogP contribution in [0.5, 0.6) is 5.75 Å². The zero-order valence-corrected chi connectivity index (χ0v) is 14.5. The lowest BCUT2D eigenvalue weighted by molar-refractivity contribution is 0.0944. The van der Waals surface area contributed by atoms with Crippen LogP contribution in [0.1, 0.15) is 38.2 Å². The number of hydrogen-bond acceptors (Lipinski definition) is 5. The predicted octanol–water partition coefficient (Wildman–Crippen LogP) is 3.39. The van der Waals surface area contributed by atoms with Gasteiger partial charge in [0.05, 0.1) is 6.10 Å². The van der Waals surface area contributed by atoms with Gasteiger partial charge in [-0.15, -0.1) is 0 Å². The normalized spacial score (nSPS) is 10.8. The van der Waals surface area contributed by atoms with Crippen molar-refractivity contribution in [3.8, 4) is 5.75 Å². The summed E-state index contributed by atoms with van der Waals surface area (Å²) in [5.74, 6) is 1.37. The van der Waals surface area contributed by atoms with E-state index in [0.29, 0.717) is 24.1 Å². The van der Waals surface area contributed by atoms with Crippen molar-refractivity contribution in [2.45, 2.75) is 33.8 Å². The lowest BCUT2D eigenvalue weighted by Crippen LogP contribution is -2.28. The van der Waals surface area contributed by atoms with Gasteiger partial charge in [-0.3, -0.25) is 4.79 Å². The van der Waals surface area contributed by atoms with Crippen LogP contribution >= 0.6 is 0 Å². The molecule has 6 heteroatoms. The first kappa shape index (κ1) is 17.7. The Kier molecular flexibility index (Phi) is 6.12. The van der Waals surface area contributed by atoms with Crippen LogP contribution in [-0.2, 0) is 0 Å². The molecule has 0 radical (unpaired) electrons. The molecule has 1 aromatic heterocycles. The molecular formula is C18H24N4O2. The number of nitrogens with one attached hydrogen (secondary N) is 2. The van der Waals surface area contributed by atoms with Gasteiger partial charge in [0, 0.05) is 18.4 Å². The topological polar surface area (TPSA) is 76.1 Å². The summed E-state index contributed by atoms with van der Waals surface area (Å²) in [6, 6.07) is 9.11. The van der Waals surface area contributed by atoms with Crippen molar-refractivity contribution < 1.29 is 9.53 Å². The van der Waals surface area contributed by atoms with Crippen LogP contribution in [0, 0.1) is 5.92 Å². The Morgan fingerprint density at radius 1 is 1.12 bits per heavy atom. The monoisotopic (exact) mass is 328 g/mol. The van der Waals surface area contributed by atoms with Crippen molar-refractivity contribution in [3.63, 3.8) is 0 Å². The highest BCUT2D eigenvalue weighted by Crippen LogP contribution is 2.19. The summed E-state index contributed by atoms with van der Waals surface area (Å²) in [5.41, 5.74) is 1.17. The molecule has 24 heavy (non-hydrogen) atoms. The molecule has 128 valence electrons. The Balaban J connectivity index is 2.02. The highest BCUT2D eigenvalue weighted by molar-refractivity contribution is 5.92. The summed E-state index contributed by atoms with van der Waals surface area (Å²) in [6.07, 6.45) is 1.70. The fraction of sp³-hybridized carbons (Fsp3) is 0.389. The molecule has 0 aliphatic heterocycles. The van der Waals surface area contributed by atoms with E-state index in [1.165, 1.54) is 0 Å². The Hall–Kier alpha value is -2.63. The fourth-order valence-corrected chi connectivity index (χ4v) is 1.95. The van der Waals surface area contributed by atoms with Gasteiger partial charge in [0.15, 0.2) is 0 Å². The van der Waals surface area contributed by atoms with Crippen LogP contribution < -0.4 is 15.4 Å². The molecule has 1 amide bonds. The second kappa shape index (κ2) is 8.29. The molecule has 0 aliphatic carbocycles. The van der Waals surface area contributed by atoms with Gasteiger partial charge in [-0.1, -0.05) is 13.8 Å². The molecule has 2 aromatic rings. The van der Waals surface area contributed by atoms with Crippen molar-refractivity contribution in [2.24, 2.45) is 5.92 Å². The Morgan fingerprint density at radius 2 is 1.83 bits per heavy atom. The van der Waals surface area contributed by atoms with E-state index in [9.17, 15) is 4.79 Å². The van der Waals surface area contributed by atoms with Gasteiger partial charge >= 0.3 is 0 Å². The van der Waals surface area contributed by atoms with Crippen molar-refractivity contribution in [1.29, 1.82) is 0 Å². The number of benzene rings is 1. The smallest absolute Gasteiger partial charge is 0.270 e. The lowest BCUT2D eigenvalue weighted by atomic mass is 10.2. The lowest BCUT2D eigenvalue weighted by Gasteiger charge is -2.11. The van der Waals surface area contributed by atoms with E-state index >= 15 is 0 Å². The predicted molar refractivity (Wildman–Crippen MR) is 94.7 cm³/mol. The number of aromatic nitrogens is 2. The van der Waals surface area contributed by atoms with E-state index in [1.807, 2.05) is 52.0 Å². The minimum atomic E-state index is -0.199. The summed E-state index contributed by atoms with van der Waals surface area (Å²) in [4.78, 5) is 20.5. The maximum absolute atomic E-state index is 12.1. The third-order valence-corrected chi connectivity index (χ3v) is 3.04. The first-order chi connectivity index (χ1) is 11.4. The van der Waals surface area contributed by atoms with Gasteiger partial charge in [-0.25, -0.2) is 9.97 Å². The SMILES string of the molecule is CC(C)CNC(=O)c1ccnc(Nc2ccc(OC(C)C)cc2)n1. The molecule has 0 aliphatic rings. The van der Waals surface area contributed by atoms with Gasteiger partial charge in [-0.2, -0.15) is 0 Å². The quantitative estimate of drug-likeness (QED) is 0.815. The van der Waals surface area contributed by atoms with Crippen molar-refractivity contribution >= 4 is 17.5 Å². The number of carbonyl (C=O) groups excluding carboxylic acids is 1. The second-order valence-corrected chi connectivity index (χ2v) is 6.19. The third-order valence-electron chi connectivity index (χ3n) is 3.04. The summed E-state index contributed by atoms with van der Waals surface area (Å²) < 4.78 is 5.60. The molecule has 2 N–H and O–H groups in total. The first-order valence-electron chi connectivity index (χ1n) is 8.09. The zero-order chi connectivity index (χ0) is 17.5. The average molecular weight is 328 g/mol. The standard InChI is InChI=1S/C18H24N4O2/c1-12(2)11-20-17(23)16-9-10-19-18(22-16)21-14-5-7-15(8-6-14)24-13(3)4/h5-10,12-13H,11H2,1-4H3,(H,20,23)(H,19,21,22). The summed E-state index contributed by atoms with van der Waals surface area (Å²) in [6.45, 7) is 8.66. The molecule has 1 aromatic carbocycles. The molecule has 0 unspecified atom stereocenters. The number of anilines is 2. The first-order valence-corrected chi connectivity index (χ1v) is 8.09. The number of amides is 1. The van der Waals surface area contributed by atoms with Gasteiger partial charge in [0.2, 0.25) is 5.95 Å². The Morgan fingerprint density at radius 3 is 2.46 bits per heavy atom. The van der Waals surface area contributed by atoms with Gasteiger partial charge in [0.1, 0.15) is 11.4 Å². The molecule has 0 saturated heterocycles. The van der Waals surface area contributed by atoms with Crippen LogP contribution in [0.25, 0.3) is 0 Å². The van der Waals surface area contributed by atoms with Gasteiger partial charge in [-0.05, 0) is 50.1 Å². The highest BCUT2D eigenvalue weighted by Gasteiger charge is 2.09. The molecule has 2 rings (SSSR count). The minimum Gasteiger partial charge on any atom is -0.491 e. The van der Waals surface area contributed by atoms with E-state index in [1.54, 1.807) is 12.3 Å². The summed E-state index contributed by atoms with van der Waals surface area (Å²) in [5, 5.41) is 5.93. The van der Waals surface area contributed by atoms with Crippen LogP contribution in [0.4, 0.5) is 11.6 Å². The highest BCUT2D eigenvalue weighted by atomic mass is 16.5.